The van der Waals surface area contributed by atoms with E-state index in [1.165, 1.54) is 33.4 Å². The average Bonchev–Trinajstić information content (AvgIpc) is 3.97. The lowest BCUT2D eigenvalue weighted by molar-refractivity contribution is 0.671. The molecule has 10 aromatic carbocycles. The number of nitrogens with zero attached hydrogens (tertiary/aromatic N) is 3. The molecule has 2 aromatic heterocycles. The molecule has 0 unspecified atom stereocenters. The summed E-state index contributed by atoms with van der Waals surface area (Å²) in [7, 11) is 0. The van der Waals surface area contributed by atoms with E-state index in [2.05, 4.69) is 224 Å². The van der Waals surface area contributed by atoms with Gasteiger partial charge in [-0.15, -0.1) is 0 Å². The van der Waals surface area contributed by atoms with Gasteiger partial charge >= 0.3 is 0 Å². The first-order chi connectivity index (χ1) is 33.7. The minimum atomic E-state index is -0.513. The van der Waals surface area contributed by atoms with Crippen molar-refractivity contribution in [2.24, 2.45) is 0 Å². The van der Waals surface area contributed by atoms with Crippen LogP contribution >= 0.6 is 0 Å². The number of para-hydroxylation sites is 1. The van der Waals surface area contributed by atoms with Gasteiger partial charge in [-0.25, -0.2) is 15.0 Å². The summed E-state index contributed by atoms with van der Waals surface area (Å²) in [5.41, 5.74) is 17.7. The van der Waals surface area contributed by atoms with Crippen LogP contribution in [-0.2, 0) is 5.41 Å². The predicted octanol–water partition coefficient (Wildman–Crippen LogP) is 16.1. The molecule has 1 aliphatic rings. The molecule has 13 rings (SSSR count). The van der Waals surface area contributed by atoms with Crippen LogP contribution in [-0.4, -0.2) is 15.0 Å². The van der Waals surface area contributed by atoms with Crippen LogP contribution in [0.25, 0.3) is 101 Å². The van der Waals surface area contributed by atoms with Crippen molar-refractivity contribution in [1.82, 2.24) is 15.0 Å². The van der Waals surface area contributed by atoms with Gasteiger partial charge in [0.1, 0.15) is 11.2 Å². The zero-order valence-electron chi connectivity index (χ0n) is 36.9. The van der Waals surface area contributed by atoms with Crippen LogP contribution in [0.2, 0.25) is 0 Å². The summed E-state index contributed by atoms with van der Waals surface area (Å²) in [6.45, 7) is 0. The van der Waals surface area contributed by atoms with E-state index in [9.17, 15) is 0 Å². The molecule has 2 heterocycles. The third kappa shape index (κ3) is 6.26. The van der Waals surface area contributed by atoms with Crippen molar-refractivity contribution in [2.75, 3.05) is 0 Å². The number of rotatable bonds is 8. The lowest BCUT2D eigenvalue weighted by Crippen LogP contribution is -2.28. The molecule has 0 bridgehead atoms. The zero-order valence-corrected chi connectivity index (χ0v) is 36.9. The van der Waals surface area contributed by atoms with Gasteiger partial charge in [0, 0.05) is 38.6 Å². The van der Waals surface area contributed by atoms with Crippen LogP contribution in [0, 0.1) is 0 Å². The Morgan fingerprint density at radius 2 is 0.706 bits per heavy atom. The fourth-order valence-corrected chi connectivity index (χ4v) is 10.7. The number of benzene rings is 10. The number of fused-ring (bicyclic) bond motifs is 6. The highest BCUT2D eigenvalue weighted by molar-refractivity contribution is 6.18. The average molecular weight is 868 g/mol. The van der Waals surface area contributed by atoms with Gasteiger partial charge in [-0.2, -0.15) is 0 Å². The molecule has 12 aromatic rings. The van der Waals surface area contributed by atoms with E-state index >= 15 is 0 Å². The van der Waals surface area contributed by atoms with Gasteiger partial charge in [-0.3, -0.25) is 0 Å². The Morgan fingerprint density at radius 3 is 1.32 bits per heavy atom. The normalized spacial score (nSPS) is 12.5. The van der Waals surface area contributed by atoms with Crippen molar-refractivity contribution in [2.45, 2.75) is 5.41 Å². The molecule has 0 radical (unpaired) electrons. The molecule has 0 spiro atoms. The van der Waals surface area contributed by atoms with Gasteiger partial charge in [0.15, 0.2) is 17.5 Å². The van der Waals surface area contributed by atoms with E-state index < -0.39 is 5.41 Å². The standard InChI is InChI=1S/C64H41N3O/c1-5-20-42(21-6-1)48-28-13-14-29-50(48)53-32-19-33-54-58-55(41-40-49(60(58)68-59(53)54)43-22-7-2-8-23-43)63-66-61(44-24-9-3-10-25-44)65-62(67-63)45-36-38-47(39-37-45)64(46-26-11-4-12-27-46)56-34-17-15-30-51(56)52-31-16-18-35-57(52)64/h1-41H. The van der Waals surface area contributed by atoms with Crippen LogP contribution in [0.4, 0.5) is 0 Å². The van der Waals surface area contributed by atoms with Crippen molar-refractivity contribution in [3.8, 4) is 78.7 Å². The third-order valence-electron chi connectivity index (χ3n) is 13.7. The molecule has 318 valence electrons. The van der Waals surface area contributed by atoms with E-state index in [1.807, 2.05) is 24.3 Å². The summed E-state index contributed by atoms with van der Waals surface area (Å²) < 4.78 is 7.19. The second-order valence-electron chi connectivity index (χ2n) is 17.4. The van der Waals surface area contributed by atoms with Gasteiger partial charge in [0.05, 0.1) is 5.41 Å². The third-order valence-corrected chi connectivity index (χ3v) is 13.7. The minimum Gasteiger partial charge on any atom is -0.455 e. The van der Waals surface area contributed by atoms with Crippen molar-refractivity contribution >= 4 is 21.9 Å². The Balaban J connectivity index is 1.02. The summed E-state index contributed by atoms with van der Waals surface area (Å²) >= 11 is 0. The highest BCUT2D eigenvalue weighted by atomic mass is 16.3. The molecule has 0 aliphatic heterocycles. The van der Waals surface area contributed by atoms with Crippen LogP contribution in [0.5, 0.6) is 0 Å². The molecular weight excluding hydrogens is 827 g/mol. The van der Waals surface area contributed by atoms with Crippen molar-refractivity contribution in [3.63, 3.8) is 0 Å². The highest BCUT2D eigenvalue weighted by Gasteiger charge is 2.45. The molecule has 0 saturated heterocycles. The second kappa shape index (κ2) is 16.2. The molecular formula is C64H41N3O. The lowest BCUT2D eigenvalue weighted by Gasteiger charge is -2.34. The van der Waals surface area contributed by atoms with E-state index in [4.69, 9.17) is 19.4 Å². The van der Waals surface area contributed by atoms with Crippen LogP contribution in [0.15, 0.2) is 253 Å². The quantitative estimate of drug-likeness (QED) is 0.153. The molecule has 0 saturated carbocycles. The van der Waals surface area contributed by atoms with Crippen molar-refractivity contribution in [1.29, 1.82) is 0 Å². The van der Waals surface area contributed by atoms with Gasteiger partial charge < -0.3 is 4.42 Å². The smallest absolute Gasteiger partial charge is 0.164 e. The largest absolute Gasteiger partial charge is 0.455 e. The van der Waals surface area contributed by atoms with E-state index in [1.54, 1.807) is 0 Å². The molecule has 0 amide bonds. The maximum atomic E-state index is 7.19. The monoisotopic (exact) mass is 867 g/mol. The maximum Gasteiger partial charge on any atom is 0.164 e. The molecule has 1 aliphatic carbocycles. The Morgan fingerprint density at radius 1 is 0.265 bits per heavy atom. The van der Waals surface area contributed by atoms with E-state index in [0.717, 1.165) is 72.0 Å². The topological polar surface area (TPSA) is 51.8 Å². The Kier molecular flexibility index (Phi) is 9.36. The fourth-order valence-electron chi connectivity index (χ4n) is 10.7. The molecule has 0 atom stereocenters. The van der Waals surface area contributed by atoms with Crippen LogP contribution in [0.1, 0.15) is 22.3 Å². The number of hydrogen-bond donors (Lipinski definition) is 0. The highest BCUT2D eigenvalue weighted by Crippen LogP contribution is 2.56. The summed E-state index contributed by atoms with van der Waals surface area (Å²) in [4.78, 5) is 15.9. The molecule has 4 heteroatoms. The Labute approximate surface area is 394 Å². The minimum absolute atomic E-state index is 0.513. The van der Waals surface area contributed by atoms with Gasteiger partial charge in [-0.05, 0) is 67.8 Å². The van der Waals surface area contributed by atoms with Crippen molar-refractivity contribution < 1.29 is 4.42 Å². The van der Waals surface area contributed by atoms with Crippen LogP contribution < -0.4 is 0 Å². The Hall–Kier alpha value is -8.99. The second-order valence-corrected chi connectivity index (χ2v) is 17.4. The fraction of sp³-hybridized carbons (Fsp3) is 0.0156. The maximum absolute atomic E-state index is 7.19. The summed E-state index contributed by atoms with van der Waals surface area (Å²) in [5.74, 6) is 1.76. The SMILES string of the molecule is c1ccc(-c2nc(-c3ccc(C4(c5ccccc5)c5ccccc5-c5ccccc54)cc3)nc(-c3ccc(-c4ccccc4)c4oc5c(-c6ccccc6-c6ccccc6)cccc5c34)n2)cc1. The summed E-state index contributed by atoms with van der Waals surface area (Å²) in [6.07, 6.45) is 0. The number of furan rings is 1. The number of hydrogen-bond acceptors (Lipinski definition) is 4. The molecule has 68 heavy (non-hydrogen) atoms. The first-order valence-corrected chi connectivity index (χ1v) is 23.1. The summed E-state index contributed by atoms with van der Waals surface area (Å²) in [5, 5.41) is 1.94. The Bertz CT molecular complexity index is 3780. The summed E-state index contributed by atoms with van der Waals surface area (Å²) in [6, 6.07) is 87.9. The van der Waals surface area contributed by atoms with Crippen molar-refractivity contribution in [3.05, 3.63) is 271 Å². The molecule has 0 fully saturated rings. The van der Waals surface area contributed by atoms with Gasteiger partial charge in [0.2, 0.25) is 0 Å². The van der Waals surface area contributed by atoms with Gasteiger partial charge in [0.25, 0.3) is 0 Å². The number of aromatic nitrogens is 3. The first kappa shape index (κ1) is 39.4. The van der Waals surface area contributed by atoms with E-state index in [0.29, 0.717) is 17.5 Å². The van der Waals surface area contributed by atoms with Gasteiger partial charge in [-0.1, -0.05) is 237 Å². The predicted molar refractivity (Wildman–Crippen MR) is 277 cm³/mol. The first-order valence-electron chi connectivity index (χ1n) is 23.1. The van der Waals surface area contributed by atoms with E-state index in [-0.39, 0.29) is 0 Å². The molecule has 4 nitrogen and oxygen atoms in total. The molecule has 0 N–H and O–H groups in total. The lowest BCUT2D eigenvalue weighted by atomic mass is 9.67. The van der Waals surface area contributed by atoms with Crippen LogP contribution in [0.3, 0.4) is 0 Å². The zero-order chi connectivity index (χ0) is 45.0.